The molecule has 1 aliphatic heterocycles. The van der Waals surface area contributed by atoms with Crippen LogP contribution in [0.2, 0.25) is 0 Å². The molecule has 0 spiro atoms. The molecule has 1 nitrogen and oxygen atoms in total. The van der Waals surface area contributed by atoms with Gasteiger partial charge in [0.15, 0.2) is 0 Å². The van der Waals surface area contributed by atoms with Crippen LogP contribution in [0.3, 0.4) is 0 Å². The van der Waals surface area contributed by atoms with Crippen molar-refractivity contribution >= 4 is 15.9 Å². The van der Waals surface area contributed by atoms with Gasteiger partial charge < -0.3 is 4.74 Å². The van der Waals surface area contributed by atoms with Crippen LogP contribution in [-0.4, -0.2) is 6.61 Å². The molecular weight excluding hydrogens is 264 g/mol. The lowest BCUT2D eigenvalue weighted by Crippen LogP contribution is -2.25. The Kier molecular flexibility index (Phi) is 3.07. The Morgan fingerprint density at radius 3 is 3.00 bits per heavy atom. The van der Waals surface area contributed by atoms with Crippen LogP contribution in [0.4, 0.5) is 0 Å². The van der Waals surface area contributed by atoms with Crippen LogP contribution in [0.1, 0.15) is 18.4 Å². The fraction of sp³-hybridized carbons (Fsp3) is 0.286. The third-order valence-electron chi connectivity index (χ3n) is 2.94. The zero-order valence-electron chi connectivity index (χ0n) is 9.16. The second-order valence-electron chi connectivity index (χ2n) is 4.09. The molecule has 0 saturated carbocycles. The quantitative estimate of drug-likeness (QED) is 0.561. The summed E-state index contributed by atoms with van der Waals surface area (Å²) in [6.45, 7) is 6.61. The summed E-state index contributed by atoms with van der Waals surface area (Å²) in [6, 6.07) is 5.96. The van der Waals surface area contributed by atoms with Gasteiger partial charge >= 0.3 is 0 Å². The highest BCUT2D eigenvalue weighted by molar-refractivity contribution is 9.10. The molecule has 82 valence electrons. The third kappa shape index (κ3) is 1.88. The minimum absolute atomic E-state index is 0.0683. The van der Waals surface area contributed by atoms with Gasteiger partial charge in [0.2, 0.25) is 0 Å². The van der Waals surface area contributed by atoms with Crippen LogP contribution in [0.5, 0.6) is 5.75 Å². The van der Waals surface area contributed by atoms with Gasteiger partial charge in [0.25, 0.3) is 0 Å². The van der Waals surface area contributed by atoms with E-state index in [1.807, 2.05) is 25.1 Å². The highest BCUT2D eigenvalue weighted by Crippen LogP contribution is 2.40. The van der Waals surface area contributed by atoms with E-state index >= 15 is 0 Å². The molecule has 2 atom stereocenters. The molecule has 0 fully saturated rings. The first-order valence-electron chi connectivity index (χ1n) is 5.17. The molecule has 2 rings (SSSR count). The number of rotatable bonds is 1. The molecule has 1 aromatic carbocycles. The molecule has 1 aromatic rings. The molecule has 2 unspecified atom stereocenters. The van der Waals surface area contributed by atoms with Gasteiger partial charge in [-0.1, -0.05) is 34.0 Å². The lowest BCUT2D eigenvalue weighted by molar-refractivity contribution is 0.233. The topological polar surface area (TPSA) is 9.23 Å². The Labute approximate surface area is 105 Å². The highest BCUT2D eigenvalue weighted by Gasteiger charge is 2.30. The Balaban J connectivity index is 2.48. The maximum atomic E-state index is 5.71. The first-order valence-corrected chi connectivity index (χ1v) is 5.96. The molecule has 0 aliphatic carbocycles. The highest BCUT2D eigenvalue weighted by atomic mass is 79.9. The largest absolute Gasteiger partial charge is 0.493 e. The maximum Gasteiger partial charge on any atom is 0.123 e. The molecule has 0 saturated heterocycles. The van der Waals surface area contributed by atoms with Gasteiger partial charge in [-0.15, -0.1) is 6.42 Å². The van der Waals surface area contributed by atoms with E-state index in [-0.39, 0.29) is 11.8 Å². The van der Waals surface area contributed by atoms with Gasteiger partial charge in [-0.3, -0.25) is 0 Å². The number of fused-ring (bicyclic) bond motifs is 1. The van der Waals surface area contributed by atoms with Crippen LogP contribution < -0.4 is 4.74 Å². The molecule has 0 amide bonds. The van der Waals surface area contributed by atoms with Crippen LogP contribution in [0.15, 0.2) is 34.8 Å². The van der Waals surface area contributed by atoms with Crippen molar-refractivity contribution in [3.63, 3.8) is 0 Å². The standard InChI is InChI=1S/C14H13BrO/c1-4-11-12-7-10(15)5-6-14(12)16-8-13(11)9(2)3/h1,5-7,11,13H,2,8H2,3H3. The number of halogens is 1. The predicted molar refractivity (Wildman–Crippen MR) is 69.5 cm³/mol. The second-order valence-corrected chi connectivity index (χ2v) is 5.01. The minimum Gasteiger partial charge on any atom is -0.493 e. The van der Waals surface area contributed by atoms with Crippen molar-refractivity contribution in [3.8, 4) is 18.1 Å². The Morgan fingerprint density at radius 1 is 1.62 bits per heavy atom. The molecular formula is C14H13BrO. The van der Waals surface area contributed by atoms with E-state index in [0.29, 0.717) is 6.61 Å². The van der Waals surface area contributed by atoms with Crippen LogP contribution in [0, 0.1) is 18.3 Å². The van der Waals surface area contributed by atoms with Crippen LogP contribution >= 0.6 is 15.9 Å². The van der Waals surface area contributed by atoms with Crippen LogP contribution in [-0.2, 0) is 0 Å². The van der Waals surface area contributed by atoms with E-state index in [1.165, 1.54) is 0 Å². The van der Waals surface area contributed by atoms with E-state index in [1.54, 1.807) is 0 Å². The minimum atomic E-state index is 0.0683. The normalized spacial score (nSPS) is 22.8. The Hall–Kier alpha value is -1.20. The van der Waals surface area contributed by atoms with Crippen LogP contribution in [0.25, 0.3) is 0 Å². The summed E-state index contributed by atoms with van der Waals surface area (Å²) >= 11 is 3.46. The molecule has 1 aliphatic rings. The van der Waals surface area contributed by atoms with E-state index in [2.05, 4.69) is 28.4 Å². The SMILES string of the molecule is C#CC1c2cc(Br)ccc2OCC1C(=C)C. The van der Waals surface area contributed by atoms with Gasteiger partial charge in [0.05, 0.1) is 12.5 Å². The van der Waals surface area contributed by atoms with Gasteiger partial charge in [-0.25, -0.2) is 0 Å². The van der Waals surface area contributed by atoms with Gasteiger partial charge in [-0.05, 0) is 25.1 Å². The zero-order chi connectivity index (χ0) is 11.7. The van der Waals surface area contributed by atoms with Crippen molar-refractivity contribution in [1.82, 2.24) is 0 Å². The van der Waals surface area contributed by atoms with Crippen molar-refractivity contribution in [2.24, 2.45) is 5.92 Å². The molecule has 0 N–H and O–H groups in total. The molecule has 1 heterocycles. The number of ether oxygens (including phenoxy) is 1. The predicted octanol–water partition coefficient (Wildman–Crippen LogP) is 3.75. The lowest BCUT2D eigenvalue weighted by atomic mass is 9.81. The van der Waals surface area contributed by atoms with E-state index in [0.717, 1.165) is 21.4 Å². The summed E-state index contributed by atoms with van der Waals surface area (Å²) in [5.41, 5.74) is 2.16. The average Bonchev–Trinajstić information content (AvgIpc) is 2.27. The molecule has 2 heteroatoms. The number of hydrogen-bond acceptors (Lipinski definition) is 1. The third-order valence-corrected chi connectivity index (χ3v) is 3.43. The summed E-state index contributed by atoms with van der Waals surface area (Å²) < 4.78 is 6.73. The summed E-state index contributed by atoms with van der Waals surface area (Å²) in [4.78, 5) is 0. The number of terminal acetylenes is 1. The van der Waals surface area contributed by atoms with Gasteiger partial charge in [-0.2, -0.15) is 0 Å². The van der Waals surface area contributed by atoms with Crippen molar-refractivity contribution < 1.29 is 4.74 Å². The van der Waals surface area contributed by atoms with Crippen molar-refractivity contribution in [2.75, 3.05) is 6.61 Å². The van der Waals surface area contributed by atoms with Crippen molar-refractivity contribution in [1.29, 1.82) is 0 Å². The van der Waals surface area contributed by atoms with Crippen molar-refractivity contribution in [2.45, 2.75) is 12.8 Å². The first-order chi connectivity index (χ1) is 7.63. The van der Waals surface area contributed by atoms with Gasteiger partial charge in [0, 0.05) is 16.0 Å². The Morgan fingerprint density at radius 2 is 2.38 bits per heavy atom. The lowest BCUT2D eigenvalue weighted by Gasteiger charge is -2.31. The van der Waals surface area contributed by atoms with E-state index in [9.17, 15) is 0 Å². The average molecular weight is 277 g/mol. The first kappa shape index (κ1) is 11.3. The second kappa shape index (κ2) is 4.35. The van der Waals surface area contributed by atoms with Crippen molar-refractivity contribution in [3.05, 3.63) is 40.4 Å². The number of benzene rings is 1. The number of hydrogen-bond donors (Lipinski definition) is 0. The zero-order valence-corrected chi connectivity index (χ0v) is 10.8. The summed E-state index contributed by atoms with van der Waals surface area (Å²) in [5.74, 6) is 4.03. The molecule has 0 bridgehead atoms. The fourth-order valence-electron chi connectivity index (χ4n) is 2.02. The monoisotopic (exact) mass is 276 g/mol. The Bertz CT molecular complexity index is 470. The van der Waals surface area contributed by atoms with E-state index in [4.69, 9.17) is 11.2 Å². The molecule has 16 heavy (non-hydrogen) atoms. The summed E-state index contributed by atoms with van der Waals surface area (Å²) in [5, 5.41) is 0. The summed E-state index contributed by atoms with van der Waals surface area (Å²) in [7, 11) is 0. The molecule has 0 radical (unpaired) electrons. The fourth-order valence-corrected chi connectivity index (χ4v) is 2.40. The maximum absolute atomic E-state index is 5.71. The molecule has 0 aromatic heterocycles. The van der Waals surface area contributed by atoms with E-state index < -0.39 is 0 Å². The summed E-state index contributed by atoms with van der Waals surface area (Å²) in [6.07, 6.45) is 5.63. The van der Waals surface area contributed by atoms with Gasteiger partial charge in [0.1, 0.15) is 5.75 Å². The smallest absolute Gasteiger partial charge is 0.123 e.